The first kappa shape index (κ1) is 16.0. The number of carbonyl (C=O) groups is 1. The number of aryl methyl sites for hydroxylation is 1. The predicted molar refractivity (Wildman–Crippen MR) is 86.0 cm³/mol. The van der Waals surface area contributed by atoms with Gasteiger partial charge < -0.3 is 11.1 Å². The lowest BCUT2D eigenvalue weighted by molar-refractivity contribution is 0.0981. The molecule has 0 fully saturated rings. The Bertz CT molecular complexity index is 516. The van der Waals surface area contributed by atoms with Crippen LogP contribution < -0.4 is 11.1 Å². The Balaban J connectivity index is 2.76. The summed E-state index contributed by atoms with van der Waals surface area (Å²) in [6.45, 7) is 6.65. The average Bonchev–Trinajstić information content (AvgIpc) is 2.44. The van der Waals surface area contributed by atoms with Crippen LogP contribution in [0.4, 0.5) is 5.69 Å². The predicted octanol–water partition coefficient (Wildman–Crippen LogP) is 3.81. The molecule has 108 valence electrons. The molecule has 20 heavy (non-hydrogen) atoms. The minimum absolute atomic E-state index is 0.207. The number of ketones is 1. The van der Waals surface area contributed by atoms with Crippen LogP contribution in [0.25, 0.3) is 0 Å². The highest BCUT2D eigenvalue weighted by Gasteiger charge is 2.06. The Morgan fingerprint density at radius 1 is 1.40 bits per heavy atom. The van der Waals surface area contributed by atoms with Crippen molar-refractivity contribution in [3.8, 4) is 0 Å². The van der Waals surface area contributed by atoms with E-state index < -0.39 is 0 Å². The second kappa shape index (κ2) is 8.20. The molecule has 3 N–H and O–H groups in total. The Labute approximate surface area is 121 Å². The number of carbonyl (C=O) groups excluding carboxylic acids is 1. The standard InChI is InChI=1S/C17H24N2O/c1-4-6-14(11-18)12-19-16-9-8-15(10-13(16)3)17(20)7-5-2/h4,6,8-11,19H,5,7,12,18H2,1-3H3/b6-4-,14-11+. The van der Waals surface area contributed by atoms with Crippen molar-refractivity contribution in [1.29, 1.82) is 0 Å². The quantitative estimate of drug-likeness (QED) is 0.586. The van der Waals surface area contributed by atoms with Gasteiger partial charge >= 0.3 is 0 Å². The lowest BCUT2D eigenvalue weighted by atomic mass is 10.0. The monoisotopic (exact) mass is 272 g/mol. The molecule has 3 nitrogen and oxygen atoms in total. The SMILES string of the molecule is C/C=C\C(=C/N)CNc1ccc(C(=O)CCC)cc1C. The Morgan fingerprint density at radius 2 is 2.15 bits per heavy atom. The largest absolute Gasteiger partial charge is 0.404 e. The zero-order valence-electron chi connectivity index (χ0n) is 12.6. The number of Topliss-reactive ketones (excluding diaryl/α,β-unsaturated/α-hetero) is 1. The van der Waals surface area contributed by atoms with E-state index in [2.05, 4.69) is 5.32 Å². The van der Waals surface area contributed by atoms with Crippen molar-refractivity contribution in [3.63, 3.8) is 0 Å². The molecule has 0 bridgehead atoms. The summed E-state index contributed by atoms with van der Waals surface area (Å²) >= 11 is 0. The fourth-order valence-electron chi connectivity index (χ4n) is 1.99. The molecule has 0 aliphatic rings. The molecule has 0 saturated heterocycles. The Kier molecular flexibility index (Phi) is 6.57. The summed E-state index contributed by atoms with van der Waals surface area (Å²) in [5.74, 6) is 0.207. The first-order chi connectivity index (χ1) is 9.62. The maximum Gasteiger partial charge on any atom is 0.162 e. The summed E-state index contributed by atoms with van der Waals surface area (Å²) in [5, 5.41) is 3.34. The highest BCUT2D eigenvalue weighted by molar-refractivity contribution is 5.96. The molecule has 0 unspecified atom stereocenters. The van der Waals surface area contributed by atoms with Crippen LogP contribution in [0.2, 0.25) is 0 Å². The highest BCUT2D eigenvalue weighted by atomic mass is 16.1. The summed E-state index contributed by atoms with van der Waals surface area (Å²) in [6.07, 6.45) is 7.02. The molecular weight excluding hydrogens is 248 g/mol. The summed E-state index contributed by atoms with van der Waals surface area (Å²) in [7, 11) is 0. The molecular formula is C17H24N2O. The molecule has 0 saturated carbocycles. The number of nitrogens with two attached hydrogens (primary N) is 1. The minimum Gasteiger partial charge on any atom is -0.404 e. The van der Waals surface area contributed by atoms with Gasteiger partial charge in [0, 0.05) is 24.2 Å². The topological polar surface area (TPSA) is 55.1 Å². The van der Waals surface area contributed by atoms with E-state index in [4.69, 9.17) is 5.73 Å². The maximum atomic E-state index is 11.9. The zero-order chi connectivity index (χ0) is 15.0. The molecule has 0 aromatic heterocycles. The van der Waals surface area contributed by atoms with E-state index in [1.807, 2.05) is 51.1 Å². The average molecular weight is 272 g/mol. The molecule has 1 rings (SSSR count). The van der Waals surface area contributed by atoms with Gasteiger partial charge in [0.25, 0.3) is 0 Å². The number of hydrogen-bond donors (Lipinski definition) is 2. The van der Waals surface area contributed by atoms with Gasteiger partial charge in [-0.15, -0.1) is 0 Å². The van der Waals surface area contributed by atoms with E-state index in [9.17, 15) is 4.79 Å². The smallest absolute Gasteiger partial charge is 0.162 e. The van der Waals surface area contributed by atoms with Crippen molar-refractivity contribution in [1.82, 2.24) is 0 Å². The van der Waals surface area contributed by atoms with E-state index in [0.717, 1.165) is 28.8 Å². The third kappa shape index (κ3) is 4.57. The molecule has 0 aliphatic heterocycles. The van der Waals surface area contributed by atoms with E-state index in [1.165, 1.54) is 0 Å². The van der Waals surface area contributed by atoms with Gasteiger partial charge in [-0.25, -0.2) is 0 Å². The fourth-order valence-corrected chi connectivity index (χ4v) is 1.99. The fraction of sp³-hybridized carbons (Fsp3) is 0.353. The molecule has 0 heterocycles. The molecule has 1 aromatic rings. The van der Waals surface area contributed by atoms with Gasteiger partial charge in [-0.05, 0) is 55.8 Å². The van der Waals surface area contributed by atoms with Crippen LogP contribution in [-0.2, 0) is 0 Å². The second-order valence-electron chi connectivity index (χ2n) is 4.80. The number of anilines is 1. The van der Waals surface area contributed by atoms with Crippen molar-refractivity contribution in [2.75, 3.05) is 11.9 Å². The molecule has 0 radical (unpaired) electrons. The van der Waals surface area contributed by atoms with E-state index in [0.29, 0.717) is 13.0 Å². The number of nitrogens with one attached hydrogen (secondary N) is 1. The van der Waals surface area contributed by atoms with Crippen LogP contribution in [0.1, 0.15) is 42.6 Å². The van der Waals surface area contributed by atoms with Crippen molar-refractivity contribution in [3.05, 3.63) is 53.3 Å². The molecule has 0 atom stereocenters. The number of hydrogen-bond acceptors (Lipinski definition) is 3. The number of allylic oxidation sites excluding steroid dienone is 1. The highest BCUT2D eigenvalue weighted by Crippen LogP contribution is 2.18. The van der Waals surface area contributed by atoms with Crippen LogP contribution in [0, 0.1) is 6.92 Å². The van der Waals surface area contributed by atoms with Crippen molar-refractivity contribution in [2.24, 2.45) is 5.73 Å². The third-order valence-corrected chi connectivity index (χ3v) is 3.10. The van der Waals surface area contributed by atoms with Crippen LogP contribution in [0.5, 0.6) is 0 Å². The Morgan fingerprint density at radius 3 is 2.70 bits per heavy atom. The van der Waals surface area contributed by atoms with Crippen LogP contribution in [0.15, 0.2) is 42.1 Å². The van der Waals surface area contributed by atoms with Crippen LogP contribution in [-0.4, -0.2) is 12.3 Å². The van der Waals surface area contributed by atoms with E-state index in [1.54, 1.807) is 6.20 Å². The van der Waals surface area contributed by atoms with Gasteiger partial charge in [-0.3, -0.25) is 4.79 Å². The van der Waals surface area contributed by atoms with Gasteiger partial charge in [-0.1, -0.05) is 19.1 Å². The van der Waals surface area contributed by atoms with E-state index in [-0.39, 0.29) is 5.78 Å². The summed E-state index contributed by atoms with van der Waals surface area (Å²) in [4.78, 5) is 11.9. The van der Waals surface area contributed by atoms with Gasteiger partial charge in [0.05, 0.1) is 0 Å². The first-order valence-electron chi connectivity index (χ1n) is 7.03. The summed E-state index contributed by atoms with van der Waals surface area (Å²) in [5.41, 5.74) is 9.48. The summed E-state index contributed by atoms with van der Waals surface area (Å²) < 4.78 is 0. The molecule has 1 aromatic carbocycles. The Hall–Kier alpha value is -2.03. The van der Waals surface area contributed by atoms with Gasteiger partial charge in [-0.2, -0.15) is 0 Å². The minimum atomic E-state index is 0.207. The normalized spacial score (nSPS) is 11.8. The van der Waals surface area contributed by atoms with Gasteiger partial charge in [0.1, 0.15) is 0 Å². The second-order valence-corrected chi connectivity index (χ2v) is 4.80. The lowest BCUT2D eigenvalue weighted by Crippen LogP contribution is -2.07. The van der Waals surface area contributed by atoms with Crippen LogP contribution >= 0.6 is 0 Å². The maximum absolute atomic E-state index is 11.9. The number of benzene rings is 1. The van der Waals surface area contributed by atoms with Crippen molar-refractivity contribution >= 4 is 11.5 Å². The zero-order valence-corrected chi connectivity index (χ0v) is 12.6. The number of rotatable bonds is 7. The molecule has 0 amide bonds. The van der Waals surface area contributed by atoms with Crippen LogP contribution in [0.3, 0.4) is 0 Å². The van der Waals surface area contributed by atoms with Crippen molar-refractivity contribution in [2.45, 2.75) is 33.6 Å². The molecule has 0 aliphatic carbocycles. The van der Waals surface area contributed by atoms with E-state index >= 15 is 0 Å². The molecule has 3 heteroatoms. The van der Waals surface area contributed by atoms with Crippen molar-refractivity contribution < 1.29 is 4.79 Å². The summed E-state index contributed by atoms with van der Waals surface area (Å²) in [6, 6.07) is 5.79. The molecule has 0 spiro atoms. The first-order valence-corrected chi connectivity index (χ1v) is 7.03. The lowest BCUT2D eigenvalue weighted by Gasteiger charge is -2.11. The van der Waals surface area contributed by atoms with Gasteiger partial charge in [0.15, 0.2) is 5.78 Å². The van der Waals surface area contributed by atoms with Gasteiger partial charge in [0.2, 0.25) is 0 Å². The third-order valence-electron chi connectivity index (χ3n) is 3.10.